The number of carbonyl (C=O) groups excluding carboxylic acids is 1. The molecule has 1 aliphatic rings. The van der Waals surface area contributed by atoms with E-state index in [9.17, 15) is 18.0 Å². The number of benzene rings is 1. The van der Waals surface area contributed by atoms with Crippen molar-refractivity contribution in [2.24, 2.45) is 5.92 Å². The summed E-state index contributed by atoms with van der Waals surface area (Å²) in [5, 5.41) is 0. The Labute approximate surface area is 121 Å². The molecule has 1 aliphatic heterocycles. The molecule has 0 spiro atoms. The summed E-state index contributed by atoms with van der Waals surface area (Å²) in [7, 11) is 1.44. The van der Waals surface area contributed by atoms with Crippen LogP contribution in [0, 0.1) is 5.92 Å². The number of alkyl halides is 3. The van der Waals surface area contributed by atoms with Gasteiger partial charge in [-0.15, -0.1) is 0 Å². The molecule has 6 heteroatoms. The molecule has 2 rings (SSSR count). The second-order valence-electron chi connectivity index (χ2n) is 5.24. The highest BCUT2D eigenvalue weighted by Gasteiger charge is 2.42. The van der Waals surface area contributed by atoms with Crippen LogP contribution >= 0.6 is 0 Å². The molecule has 116 valence electrons. The zero-order chi connectivity index (χ0) is 15.6. The van der Waals surface area contributed by atoms with Crippen LogP contribution in [0.3, 0.4) is 0 Å². The second kappa shape index (κ2) is 5.95. The third kappa shape index (κ3) is 3.31. The molecule has 0 radical (unpaired) electrons. The predicted molar refractivity (Wildman–Crippen MR) is 74.0 cm³/mol. The molecule has 0 amide bonds. The van der Waals surface area contributed by atoms with Crippen LogP contribution in [0.15, 0.2) is 18.2 Å². The van der Waals surface area contributed by atoms with E-state index >= 15 is 0 Å². The zero-order valence-electron chi connectivity index (χ0n) is 12.0. The number of halogens is 3. The molecule has 0 aromatic heterocycles. The van der Waals surface area contributed by atoms with E-state index in [-0.39, 0.29) is 18.7 Å². The molecular weight excluding hydrogens is 283 g/mol. The van der Waals surface area contributed by atoms with Crippen LogP contribution in [0.4, 0.5) is 18.9 Å². The summed E-state index contributed by atoms with van der Waals surface area (Å²) in [6.45, 7) is 1.80. The van der Waals surface area contributed by atoms with Gasteiger partial charge in [0.25, 0.3) is 0 Å². The van der Waals surface area contributed by atoms with Gasteiger partial charge in [-0.3, -0.25) is 4.79 Å². The van der Waals surface area contributed by atoms with Crippen LogP contribution in [0.2, 0.25) is 0 Å². The van der Waals surface area contributed by atoms with Crippen LogP contribution in [-0.2, 0) is 0 Å². The van der Waals surface area contributed by atoms with E-state index in [4.69, 9.17) is 4.74 Å². The van der Waals surface area contributed by atoms with Gasteiger partial charge in [0.05, 0.1) is 24.3 Å². The second-order valence-corrected chi connectivity index (χ2v) is 5.24. The minimum Gasteiger partial charge on any atom is -0.496 e. The highest BCUT2D eigenvalue weighted by Crippen LogP contribution is 2.37. The van der Waals surface area contributed by atoms with E-state index in [1.807, 2.05) is 0 Å². The van der Waals surface area contributed by atoms with Crippen molar-refractivity contribution < 1.29 is 22.7 Å². The lowest BCUT2D eigenvalue weighted by molar-refractivity contribution is -0.175. The van der Waals surface area contributed by atoms with Crippen molar-refractivity contribution in [3.63, 3.8) is 0 Å². The molecule has 3 nitrogen and oxygen atoms in total. The van der Waals surface area contributed by atoms with Crippen LogP contribution in [0.1, 0.15) is 30.1 Å². The molecule has 1 atom stereocenters. The predicted octanol–water partition coefficient (Wildman–Crippen LogP) is 3.68. The Kier molecular flexibility index (Phi) is 4.44. The standard InChI is InChI=1S/C15H18F3NO2/c1-10(20)14-12(6-3-7-13(14)21-2)19-8-4-5-11(9-19)15(16,17)18/h3,6-7,11H,4-5,8-9H2,1-2H3. The molecule has 1 fully saturated rings. The lowest BCUT2D eigenvalue weighted by atomic mass is 9.95. The number of ether oxygens (including phenoxy) is 1. The van der Waals surface area contributed by atoms with E-state index in [1.54, 1.807) is 23.1 Å². The van der Waals surface area contributed by atoms with Crippen molar-refractivity contribution in [3.8, 4) is 5.75 Å². The summed E-state index contributed by atoms with van der Waals surface area (Å²) in [6, 6.07) is 5.02. The van der Waals surface area contributed by atoms with E-state index in [0.29, 0.717) is 30.0 Å². The maximum Gasteiger partial charge on any atom is 0.393 e. The average Bonchev–Trinajstić information content (AvgIpc) is 2.45. The highest BCUT2D eigenvalue weighted by atomic mass is 19.4. The smallest absolute Gasteiger partial charge is 0.393 e. The summed E-state index contributed by atoms with van der Waals surface area (Å²) >= 11 is 0. The maximum atomic E-state index is 12.9. The van der Waals surface area contributed by atoms with Gasteiger partial charge in [0.2, 0.25) is 0 Å². The number of carbonyl (C=O) groups is 1. The summed E-state index contributed by atoms with van der Waals surface area (Å²) in [5.41, 5.74) is 0.874. The molecule has 21 heavy (non-hydrogen) atoms. The summed E-state index contributed by atoms with van der Waals surface area (Å²) in [6.07, 6.45) is -3.61. The van der Waals surface area contributed by atoms with Crippen molar-refractivity contribution in [1.82, 2.24) is 0 Å². The van der Waals surface area contributed by atoms with E-state index in [2.05, 4.69) is 0 Å². The quantitative estimate of drug-likeness (QED) is 0.798. The van der Waals surface area contributed by atoms with Gasteiger partial charge in [-0.2, -0.15) is 13.2 Å². The van der Waals surface area contributed by atoms with Gasteiger partial charge in [-0.05, 0) is 31.9 Å². The van der Waals surface area contributed by atoms with Crippen LogP contribution in [0.25, 0.3) is 0 Å². The van der Waals surface area contributed by atoms with Gasteiger partial charge < -0.3 is 9.64 Å². The number of rotatable bonds is 3. The average molecular weight is 301 g/mol. The van der Waals surface area contributed by atoms with Crippen molar-refractivity contribution in [2.45, 2.75) is 25.9 Å². The van der Waals surface area contributed by atoms with Gasteiger partial charge in [-0.25, -0.2) is 0 Å². The van der Waals surface area contributed by atoms with Crippen LogP contribution in [-0.4, -0.2) is 32.2 Å². The van der Waals surface area contributed by atoms with Crippen molar-refractivity contribution in [1.29, 1.82) is 0 Å². The summed E-state index contributed by atoms with van der Waals surface area (Å²) in [5.74, 6) is -1.16. The Morgan fingerprint density at radius 1 is 1.38 bits per heavy atom. The molecule has 1 unspecified atom stereocenters. The summed E-state index contributed by atoms with van der Waals surface area (Å²) in [4.78, 5) is 13.5. The zero-order valence-corrected chi connectivity index (χ0v) is 12.0. The van der Waals surface area contributed by atoms with Crippen LogP contribution in [0.5, 0.6) is 5.75 Å². The molecule has 0 aliphatic carbocycles. The topological polar surface area (TPSA) is 29.5 Å². The molecule has 1 heterocycles. The van der Waals surface area contributed by atoms with Gasteiger partial charge in [-0.1, -0.05) is 6.07 Å². The minimum absolute atomic E-state index is 0.114. The fourth-order valence-electron chi connectivity index (χ4n) is 2.77. The third-order valence-corrected chi connectivity index (χ3v) is 3.80. The monoisotopic (exact) mass is 301 g/mol. The highest BCUT2D eigenvalue weighted by molar-refractivity contribution is 6.02. The molecule has 0 saturated carbocycles. The number of hydrogen-bond donors (Lipinski definition) is 0. The molecule has 1 aromatic carbocycles. The first-order chi connectivity index (χ1) is 9.84. The van der Waals surface area contributed by atoms with Gasteiger partial charge in [0, 0.05) is 13.1 Å². The molecule has 1 saturated heterocycles. The number of piperidine rings is 1. The normalized spacial score (nSPS) is 19.5. The number of hydrogen-bond acceptors (Lipinski definition) is 3. The van der Waals surface area contributed by atoms with E-state index < -0.39 is 12.1 Å². The Morgan fingerprint density at radius 3 is 2.67 bits per heavy atom. The third-order valence-electron chi connectivity index (χ3n) is 3.80. The van der Waals surface area contributed by atoms with Gasteiger partial charge in [0.1, 0.15) is 5.75 Å². The minimum atomic E-state index is -4.20. The lowest BCUT2D eigenvalue weighted by Crippen LogP contribution is -2.42. The first-order valence-corrected chi connectivity index (χ1v) is 6.84. The first kappa shape index (κ1) is 15.7. The molecular formula is C15H18F3NO2. The maximum absolute atomic E-state index is 12.9. The number of nitrogens with zero attached hydrogens (tertiary/aromatic N) is 1. The number of anilines is 1. The Bertz CT molecular complexity index is 528. The molecule has 0 bridgehead atoms. The van der Waals surface area contributed by atoms with Crippen molar-refractivity contribution in [3.05, 3.63) is 23.8 Å². The van der Waals surface area contributed by atoms with Crippen molar-refractivity contribution >= 4 is 11.5 Å². The first-order valence-electron chi connectivity index (χ1n) is 6.84. The van der Waals surface area contributed by atoms with E-state index in [0.717, 1.165) is 0 Å². The number of Topliss-reactive ketones (excluding diaryl/α,β-unsaturated/α-hetero) is 1. The Morgan fingerprint density at radius 2 is 2.10 bits per heavy atom. The van der Waals surface area contributed by atoms with E-state index in [1.165, 1.54) is 14.0 Å². The molecule has 1 aromatic rings. The Hall–Kier alpha value is -1.72. The largest absolute Gasteiger partial charge is 0.496 e. The van der Waals surface area contributed by atoms with Crippen molar-refractivity contribution in [2.75, 3.05) is 25.1 Å². The van der Waals surface area contributed by atoms with Gasteiger partial charge >= 0.3 is 6.18 Å². The van der Waals surface area contributed by atoms with Crippen LogP contribution < -0.4 is 9.64 Å². The molecule has 0 N–H and O–H groups in total. The number of ketones is 1. The lowest BCUT2D eigenvalue weighted by Gasteiger charge is -2.36. The number of methoxy groups -OCH3 is 1. The SMILES string of the molecule is COc1cccc(N2CCCC(C(F)(F)F)C2)c1C(C)=O. The fraction of sp³-hybridized carbons (Fsp3) is 0.533. The fourth-order valence-corrected chi connectivity index (χ4v) is 2.77. The van der Waals surface area contributed by atoms with Gasteiger partial charge in [0.15, 0.2) is 5.78 Å². The summed E-state index contributed by atoms with van der Waals surface area (Å²) < 4.78 is 43.9. The Balaban J connectivity index is 2.35.